The van der Waals surface area contributed by atoms with Crippen molar-refractivity contribution in [2.75, 3.05) is 0 Å². The summed E-state index contributed by atoms with van der Waals surface area (Å²) in [6.07, 6.45) is 3.94. The number of aliphatic hydroxyl groups is 2. The molecule has 2 N–H and O–H groups in total. The number of rotatable bonds is 3. The van der Waals surface area contributed by atoms with Crippen LogP contribution in [0.5, 0.6) is 0 Å². The number of ether oxygens (including phenoxy) is 2. The molecule has 1 heterocycles. The van der Waals surface area contributed by atoms with Gasteiger partial charge in [0, 0.05) is 18.8 Å². The molecule has 0 aromatic rings. The van der Waals surface area contributed by atoms with E-state index in [4.69, 9.17) is 9.47 Å². The van der Waals surface area contributed by atoms with Gasteiger partial charge in [-0.25, -0.2) is 0 Å². The van der Waals surface area contributed by atoms with Gasteiger partial charge < -0.3 is 19.7 Å². The van der Waals surface area contributed by atoms with E-state index in [-0.39, 0.29) is 51.6 Å². The minimum atomic E-state index is -1.22. The zero-order valence-electron chi connectivity index (χ0n) is 25.0. The Morgan fingerprint density at radius 1 is 1.16 bits per heavy atom. The van der Waals surface area contributed by atoms with Crippen molar-refractivity contribution >= 4 is 11.8 Å². The number of Topliss-reactive ketones (excluding diaryl/α,β-unsaturated/α-hetero) is 1. The van der Waals surface area contributed by atoms with E-state index < -0.39 is 23.8 Å². The number of hydrogen-bond acceptors (Lipinski definition) is 6. The van der Waals surface area contributed by atoms with Gasteiger partial charge in [0.15, 0.2) is 6.10 Å². The molecule has 0 bridgehead atoms. The summed E-state index contributed by atoms with van der Waals surface area (Å²) >= 11 is 0. The van der Waals surface area contributed by atoms with Crippen LogP contribution in [0.25, 0.3) is 0 Å². The molecule has 214 valence electrons. The molecule has 1 aliphatic heterocycles. The fraction of sp³-hybridized carbons (Fsp3) is 0.875. The molecule has 0 amide bonds. The molecule has 0 radical (unpaired) electrons. The van der Waals surface area contributed by atoms with Crippen molar-refractivity contribution in [1.29, 1.82) is 0 Å². The van der Waals surface area contributed by atoms with Gasteiger partial charge >= 0.3 is 5.97 Å². The van der Waals surface area contributed by atoms with Crippen molar-refractivity contribution in [1.82, 2.24) is 0 Å². The molecule has 5 rings (SSSR count). The number of ketones is 1. The lowest BCUT2D eigenvalue weighted by molar-refractivity contribution is -0.213. The lowest BCUT2D eigenvalue weighted by Gasteiger charge is -2.68. The third-order valence-corrected chi connectivity index (χ3v) is 12.4. The molecule has 38 heavy (non-hydrogen) atoms. The highest BCUT2D eigenvalue weighted by Crippen LogP contribution is 2.74. The van der Waals surface area contributed by atoms with Crippen LogP contribution in [0.1, 0.15) is 107 Å². The summed E-state index contributed by atoms with van der Waals surface area (Å²) in [6.45, 7) is 18.4. The van der Waals surface area contributed by atoms with E-state index in [0.717, 1.165) is 25.7 Å². The predicted molar refractivity (Wildman–Crippen MR) is 145 cm³/mol. The zero-order chi connectivity index (χ0) is 28.2. The first-order valence-electron chi connectivity index (χ1n) is 14.9. The van der Waals surface area contributed by atoms with Crippen LogP contribution in [-0.2, 0) is 19.1 Å². The predicted octanol–water partition coefficient (Wildman–Crippen LogP) is 5.38. The first kappa shape index (κ1) is 28.3. The molecule has 0 aromatic heterocycles. The maximum absolute atomic E-state index is 13.0. The van der Waals surface area contributed by atoms with Crippen molar-refractivity contribution in [3.8, 4) is 0 Å². The fourth-order valence-electron chi connectivity index (χ4n) is 10.7. The van der Waals surface area contributed by atoms with Crippen LogP contribution in [0, 0.1) is 39.4 Å². The van der Waals surface area contributed by atoms with Gasteiger partial charge in [0.1, 0.15) is 5.78 Å². The summed E-state index contributed by atoms with van der Waals surface area (Å²) in [5, 5.41) is 22.8. The van der Waals surface area contributed by atoms with Crippen molar-refractivity contribution in [2.45, 2.75) is 137 Å². The summed E-state index contributed by atoms with van der Waals surface area (Å²) in [5.41, 5.74) is 0.799. The molecular formula is C32H50O6. The maximum Gasteiger partial charge on any atom is 0.303 e. The molecule has 0 spiro atoms. The summed E-state index contributed by atoms with van der Waals surface area (Å²) in [5.74, 6) is 0.564. The topological polar surface area (TPSA) is 93.1 Å². The van der Waals surface area contributed by atoms with Crippen molar-refractivity contribution in [3.63, 3.8) is 0 Å². The smallest absolute Gasteiger partial charge is 0.303 e. The molecule has 5 aliphatic rings. The van der Waals surface area contributed by atoms with E-state index in [1.807, 2.05) is 0 Å². The summed E-state index contributed by atoms with van der Waals surface area (Å²) in [6, 6.07) is 0. The Morgan fingerprint density at radius 3 is 2.42 bits per heavy atom. The second-order valence-electron chi connectivity index (χ2n) is 15.4. The van der Waals surface area contributed by atoms with Crippen LogP contribution in [0.4, 0.5) is 0 Å². The number of esters is 1. The largest absolute Gasteiger partial charge is 0.457 e. The van der Waals surface area contributed by atoms with Gasteiger partial charge in [-0.3, -0.25) is 9.59 Å². The third kappa shape index (κ3) is 3.75. The zero-order valence-corrected chi connectivity index (χ0v) is 25.0. The highest BCUT2D eigenvalue weighted by molar-refractivity contribution is 5.85. The van der Waals surface area contributed by atoms with Gasteiger partial charge in [0.2, 0.25) is 0 Å². The number of fused-ring (bicyclic) bond motifs is 6. The quantitative estimate of drug-likeness (QED) is 0.376. The minimum absolute atomic E-state index is 0.0901. The second kappa shape index (κ2) is 8.63. The Balaban J connectivity index is 1.52. The van der Waals surface area contributed by atoms with Crippen molar-refractivity contribution in [3.05, 3.63) is 11.1 Å². The van der Waals surface area contributed by atoms with Crippen LogP contribution in [-0.4, -0.2) is 52.0 Å². The summed E-state index contributed by atoms with van der Waals surface area (Å²) in [7, 11) is 0. The number of carbonyl (C=O) groups excluding carboxylic acids is 2. The van der Waals surface area contributed by atoms with Crippen molar-refractivity contribution < 1.29 is 29.3 Å². The average Bonchev–Trinajstić information content (AvgIpc) is 3.07. The molecule has 6 nitrogen and oxygen atoms in total. The number of aliphatic hydroxyl groups excluding tert-OH is 1. The number of carbonyl (C=O) groups is 2. The molecule has 0 aromatic carbocycles. The molecular weight excluding hydrogens is 480 g/mol. The molecule has 10 unspecified atom stereocenters. The Bertz CT molecular complexity index is 1050. The van der Waals surface area contributed by atoms with Gasteiger partial charge in [0.25, 0.3) is 0 Å². The Hall–Kier alpha value is -1.24. The van der Waals surface area contributed by atoms with Gasteiger partial charge in [-0.2, -0.15) is 0 Å². The highest BCUT2D eigenvalue weighted by atomic mass is 16.6. The average molecular weight is 531 g/mol. The molecule has 10 atom stereocenters. The van der Waals surface area contributed by atoms with Gasteiger partial charge in [-0.1, -0.05) is 47.1 Å². The van der Waals surface area contributed by atoms with Crippen molar-refractivity contribution in [2.24, 2.45) is 39.4 Å². The van der Waals surface area contributed by atoms with E-state index >= 15 is 0 Å². The van der Waals surface area contributed by atoms with Gasteiger partial charge in [-0.05, 0) is 91.9 Å². The van der Waals surface area contributed by atoms with Gasteiger partial charge in [-0.15, -0.1) is 0 Å². The standard InChI is InChI=1S/C32H50O6/c1-17-14-21(27(29(5,6)36)37-18(2)33)38-22-16-32(9)19(25(17)22)15-20(34)26-30(7)12-11-24(35)28(3,4)23(30)10-13-31(26,32)8/h17,20-23,26-27,34,36H,10-16H2,1-9H3. The van der Waals surface area contributed by atoms with E-state index in [1.54, 1.807) is 13.8 Å². The van der Waals surface area contributed by atoms with E-state index in [1.165, 1.54) is 18.1 Å². The Kier molecular flexibility index (Phi) is 6.43. The Morgan fingerprint density at radius 2 is 1.82 bits per heavy atom. The maximum atomic E-state index is 13.0. The van der Waals surface area contributed by atoms with Crippen LogP contribution >= 0.6 is 0 Å². The number of hydrogen-bond donors (Lipinski definition) is 2. The molecule has 1 saturated heterocycles. The highest BCUT2D eigenvalue weighted by Gasteiger charge is 2.70. The van der Waals surface area contributed by atoms with Crippen LogP contribution in [0.3, 0.4) is 0 Å². The monoisotopic (exact) mass is 530 g/mol. The SMILES string of the molecule is CC(=O)OC(C1CC(C)C2=C3CC(O)C4C5(C)CCC(=O)C(C)(C)C5CCC4(C)C3(C)CC2O1)C(C)(C)O. The summed E-state index contributed by atoms with van der Waals surface area (Å²) < 4.78 is 12.4. The van der Waals surface area contributed by atoms with E-state index in [2.05, 4.69) is 41.5 Å². The van der Waals surface area contributed by atoms with E-state index in [9.17, 15) is 19.8 Å². The first-order chi connectivity index (χ1) is 17.4. The summed E-state index contributed by atoms with van der Waals surface area (Å²) in [4.78, 5) is 24.9. The molecule has 6 heteroatoms. The lowest BCUT2D eigenvalue weighted by atomic mass is 9.36. The Labute approximate surface area is 228 Å². The minimum Gasteiger partial charge on any atom is -0.457 e. The van der Waals surface area contributed by atoms with Crippen LogP contribution in [0.2, 0.25) is 0 Å². The molecule has 3 saturated carbocycles. The normalized spacial score (nSPS) is 47.0. The second-order valence-corrected chi connectivity index (χ2v) is 15.4. The van der Waals surface area contributed by atoms with Crippen LogP contribution < -0.4 is 0 Å². The molecule has 4 aliphatic carbocycles. The third-order valence-electron chi connectivity index (χ3n) is 12.4. The van der Waals surface area contributed by atoms with Crippen LogP contribution in [0.15, 0.2) is 11.1 Å². The fourth-order valence-corrected chi connectivity index (χ4v) is 10.7. The first-order valence-corrected chi connectivity index (χ1v) is 14.9. The van der Waals surface area contributed by atoms with E-state index in [0.29, 0.717) is 25.0 Å². The van der Waals surface area contributed by atoms with Gasteiger partial charge in [0.05, 0.1) is 23.9 Å². The molecule has 4 fully saturated rings. The lowest BCUT2D eigenvalue weighted by Crippen LogP contribution is -2.65.